The van der Waals surface area contributed by atoms with Gasteiger partial charge in [0.1, 0.15) is 5.92 Å². The van der Waals surface area contributed by atoms with Crippen LogP contribution < -0.4 is 10.0 Å². The fourth-order valence-corrected chi connectivity index (χ4v) is 3.78. The van der Waals surface area contributed by atoms with Gasteiger partial charge in [0.2, 0.25) is 0 Å². The van der Waals surface area contributed by atoms with E-state index in [-0.39, 0.29) is 12.0 Å². The first kappa shape index (κ1) is 22.2. The molecule has 0 N–H and O–H groups in total. The molecule has 0 aromatic heterocycles. The number of hydrogen-bond acceptors (Lipinski definition) is 2. The molecule has 0 unspecified atom stereocenters. The Kier molecular flexibility index (Phi) is 5.88. The van der Waals surface area contributed by atoms with Crippen LogP contribution in [0, 0.1) is 5.92 Å². The van der Waals surface area contributed by atoms with Gasteiger partial charge in [-0.05, 0) is 66.6 Å². The zero-order valence-corrected chi connectivity index (χ0v) is 17.8. The van der Waals surface area contributed by atoms with Crippen molar-refractivity contribution < 1.29 is 22.8 Å². The number of hydrogen-bond donors (Lipinski definition) is 0. The minimum atomic E-state index is -4.52. The van der Waals surface area contributed by atoms with E-state index in [2.05, 4.69) is 0 Å². The predicted octanol–water partition coefficient (Wildman–Crippen LogP) is 6.17. The Hall–Kier alpha value is -3.03. The number of carbonyl (C=O) groups is 2. The van der Waals surface area contributed by atoms with E-state index in [1.807, 2.05) is 0 Å². The van der Waals surface area contributed by atoms with E-state index in [0.717, 1.165) is 12.1 Å². The van der Waals surface area contributed by atoms with Gasteiger partial charge < -0.3 is 0 Å². The van der Waals surface area contributed by atoms with Crippen LogP contribution in [0.25, 0.3) is 0 Å². The molecule has 0 spiro atoms. The Bertz CT molecular complexity index is 1100. The summed E-state index contributed by atoms with van der Waals surface area (Å²) >= 11 is 11.9. The predicted molar refractivity (Wildman–Crippen MR) is 117 cm³/mol. The lowest BCUT2D eigenvalue weighted by Gasteiger charge is -2.27. The molecule has 0 saturated carbocycles. The molecule has 1 aliphatic rings. The molecule has 32 heavy (non-hydrogen) atoms. The van der Waals surface area contributed by atoms with Crippen molar-refractivity contribution in [3.63, 3.8) is 0 Å². The van der Waals surface area contributed by atoms with Crippen molar-refractivity contribution in [2.24, 2.45) is 5.92 Å². The lowest BCUT2D eigenvalue weighted by Crippen LogP contribution is -2.41. The zero-order valence-electron chi connectivity index (χ0n) is 16.3. The second kappa shape index (κ2) is 8.48. The maximum Gasteiger partial charge on any atom is 0.416 e. The van der Waals surface area contributed by atoms with Crippen molar-refractivity contribution in [3.05, 3.63) is 94.0 Å². The molecule has 3 aromatic rings. The summed E-state index contributed by atoms with van der Waals surface area (Å²) in [6.45, 7) is 0. The van der Waals surface area contributed by atoms with Crippen LogP contribution in [0.4, 0.5) is 24.5 Å². The lowest BCUT2D eigenvalue weighted by atomic mass is 9.97. The molecular formula is C23H15Cl2F3N2O2. The highest BCUT2D eigenvalue weighted by atomic mass is 35.5. The van der Waals surface area contributed by atoms with Gasteiger partial charge in [0.25, 0.3) is 11.8 Å². The number of rotatable bonds is 4. The molecule has 3 aromatic carbocycles. The molecule has 0 aliphatic carbocycles. The van der Waals surface area contributed by atoms with Crippen LogP contribution in [0.15, 0.2) is 72.8 Å². The van der Waals surface area contributed by atoms with Crippen LogP contribution in [0.1, 0.15) is 11.1 Å². The second-order valence-electron chi connectivity index (χ2n) is 7.21. The van der Waals surface area contributed by atoms with Gasteiger partial charge in [-0.1, -0.05) is 41.4 Å². The normalized spacial score (nSPS) is 15.0. The van der Waals surface area contributed by atoms with Crippen molar-refractivity contribution in [2.75, 3.05) is 10.0 Å². The monoisotopic (exact) mass is 478 g/mol. The first-order valence-corrected chi connectivity index (χ1v) is 10.3. The summed E-state index contributed by atoms with van der Waals surface area (Å²) in [5, 5.41) is 3.32. The summed E-state index contributed by atoms with van der Waals surface area (Å²) in [4.78, 5) is 26.6. The molecule has 0 radical (unpaired) electrons. The van der Waals surface area contributed by atoms with Gasteiger partial charge in [-0.15, -0.1) is 0 Å². The minimum absolute atomic E-state index is 0.171. The van der Waals surface area contributed by atoms with Crippen molar-refractivity contribution in [3.8, 4) is 0 Å². The number of carbonyl (C=O) groups excluding carboxylic acids is 2. The third-order valence-corrected chi connectivity index (χ3v) is 5.55. The first-order chi connectivity index (χ1) is 15.1. The molecule has 1 aliphatic heterocycles. The number of nitrogens with zero attached hydrogens (tertiary/aromatic N) is 2. The average molecular weight is 479 g/mol. The molecule has 9 heteroatoms. The highest BCUT2D eigenvalue weighted by Gasteiger charge is 2.47. The third-order valence-electron chi connectivity index (χ3n) is 5.05. The average Bonchev–Trinajstić information content (AvgIpc) is 2.99. The van der Waals surface area contributed by atoms with Gasteiger partial charge in [-0.3, -0.25) is 9.59 Å². The zero-order chi connectivity index (χ0) is 23.0. The van der Waals surface area contributed by atoms with Crippen LogP contribution in [0.2, 0.25) is 10.0 Å². The Morgan fingerprint density at radius 2 is 1.22 bits per heavy atom. The summed E-state index contributed by atoms with van der Waals surface area (Å²) < 4.78 is 39.3. The molecule has 4 nitrogen and oxygen atoms in total. The number of anilines is 2. The van der Waals surface area contributed by atoms with E-state index in [0.29, 0.717) is 21.4 Å². The van der Waals surface area contributed by atoms with Crippen molar-refractivity contribution in [2.45, 2.75) is 12.6 Å². The van der Waals surface area contributed by atoms with Crippen LogP contribution in [-0.2, 0) is 22.2 Å². The van der Waals surface area contributed by atoms with Gasteiger partial charge in [-0.25, -0.2) is 10.0 Å². The molecule has 164 valence electrons. The number of hydrazine groups is 1. The van der Waals surface area contributed by atoms with E-state index in [1.165, 1.54) is 22.2 Å². The summed E-state index contributed by atoms with van der Waals surface area (Å²) in [7, 11) is 0. The Balaban J connectivity index is 1.73. The largest absolute Gasteiger partial charge is 0.416 e. The summed E-state index contributed by atoms with van der Waals surface area (Å²) in [5.41, 5.74) is 0.195. The Morgan fingerprint density at radius 3 is 1.66 bits per heavy atom. The van der Waals surface area contributed by atoms with Gasteiger partial charge in [0.05, 0.1) is 16.9 Å². The maximum absolute atomic E-state index is 13.3. The van der Waals surface area contributed by atoms with Crippen LogP contribution in [0.5, 0.6) is 0 Å². The van der Waals surface area contributed by atoms with Gasteiger partial charge >= 0.3 is 6.18 Å². The second-order valence-corrected chi connectivity index (χ2v) is 8.08. The Labute approximate surface area is 191 Å². The topological polar surface area (TPSA) is 40.6 Å². The standard InChI is InChI=1S/C23H15Cl2F3N2O2/c24-16-4-8-18(9-5-16)29-21(31)20(13-14-2-1-3-15(12-14)23(26,27)28)22(32)30(29)19-10-6-17(25)7-11-19/h1-12,20H,13H2. The molecule has 0 atom stereocenters. The SMILES string of the molecule is O=C1C(Cc2cccc(C(F)(F)F)c2)C(=O)N(c2ccc(Cl)cc2)N1c1ccc(Cl)cc1. The van der Waals surface area contributed by atoms with Crippen LogP contribution in [0.3, 0.4) is 0 Å². The van der Waals surface area contributed by atoms with Gasteiger partial charge in [0.15, 0.2) is 0 Å². The number of halogens is 5. The quantitative estimate of drug-likeness (QED) is 0.421. The van der Waals surface area contributed by atoms with E-state index < -0.39 is 29.5 Å². The summed E-state index contributed by atoms with van der Waals surface area (Å²) in [6.07, 6.45) is -4.69. The maximum atomic E-state index is 13.3. The smallest absolute Gasteiger partial charge is 0.272 e. The Morgan fingerprint density at radius 1 is 0.750 bits per heavy atom. The molecule has 4 rings (SSSR count). The highest BCUT2D eigenvalue weighted by molar-refractivity contribution is 6.31. The molecule has 2 amide bonds. The van der Waals surface area contributed by atoms with Crippen molar-refractivity contribution in [1.82, 2.24) is 0 Å². The van der Waals surface area contributed by atoms with E-state index in [1.54, 1.807) is 48.5 Å². The highest BCUT2D eigenvalue weighted by Crippen LogP contribution is 2.35. The lowest BCUT2D eigenvalue weighted by molar-refractivity contribution is -0.137. The molecule has 0 bridgehead atoms. The van der Waals surface area contributed by atoms with Crippen LogP contribution >= 0.6 is 23.2 Å². The number of alkyl halides is 3. The van der Waals surface area contributed by atoms with E-state index in [9.17, 15) is 22.8 Å². The van der Waals surface area contributed by atoms with E-state index >= 15 is 0 Å². The van der Waals surface area contributed by atoms with Crippen molar-refractivity contribution >= 4 is 46.4 Å². The van der Waals surface area contributed by atoms with Crippen LogP contribution in [-0.4, -0.2) is 11.8 Å². The molecule has 1 saturated heterocycles. The fraction of sp³-hybridized carbons (Fsp3) is 0.130. The van der Waals surface area contributed by atoms with E-state index in [4.69, 9.17) is 23.2 Å². The third kappa shape index (κ3) is 4.31. The number of benzene rings is 3. The number of amides is 2. The summed E-state index contributed by atoms with van der Waals surface area (Å²) in [6, 6.07) is 17.3. The molecular weight excluding hydrogens is 464 g/mol. The molecule has 1 heterocycles. The first-order valence-electron chi connectivity index (χ1n) is 9.50. The van der Waals surface area contributed by atoms with Crippen molar-refractivity contribution in [1.29, 1.82) is 0 Å². The van der Waals surface area contributed by atoms with Gasteiger partial charge in [0, 0.05) is 10.0 Å². The summed E-state index contributed by atoms with van der Waals surface area (Å²) in [5.74, 6) is -2.29. The fourth-order valence-electron chi connectivity index (χ4n) is 3.53. The molecule has 1 fully saturated rings. The minimum Gasteiger partial charge on any atom is -0.272 e. The van der Waals surface area contributed by atoms with Gasteiger partial charge in [-0.2, -0.15) is 13.2 Å².